The zero-order valence-electron chi connectivity index (χ0n) is 20.3. The van der Waals surface area contributed by atoms with E-state index in [1.54, 1.807) is 6.07 Å². The summed E-state index contributed by atoms with van der Waals surface area (Å²) in [4.78, 5) is 39.9. The third-order valence-electron chi connectivity index (χ3n) is 7.79. The molecule has 192 valence electrons. The van der Waals surface area contributed by atoms with Gasteiger partial charge in [-0.25, -0.2) is 0 Å². The Morgan fingerprint density at radius 1 is 1.08 bits per heavy atom. The number of hydrogen-bond acceptors (Lipinski definition) is 9. The van der Waals surface area contributed by atoms with Crippen LogP contribution in [0.2, 0.25) is 0 Å². The number of nitrogens with two attached hydrogens (primary N) is 2. The topological polar surface area (TPSA) is 187 Å². The highest BCUT2D eigenvalue weighted by Crippen LogP contribution is 2.53. The Labute approximate surface area is 212 Å². The number of rotatable bonds is 3. The van der Waals surface area contributed by atoms with Crippen LogP contribution in [0.4, 0.5) is 11.4 Å². The quantitative estimate of drug-likeness (QED) is 0.205. The van der Waals surface area contributed by atoms with E-state index in [0.717, 1.165) is 11.3 Å². The molecule has 10 heteroatoms. The van der Waals surface area contributed by atoms with Crippen molar-refractivity contribution in [2.24, 2.45) is 17.6 Å². The first kappa shape index (κ1) is 24.4. The molecule has 0 spiro atoms. The molecule has 0 radical (unpaired) electrons. The SMILES string of the molecule is CN(C)c1ccc(-c2cc(N)c(O)c3c2CC2CC4CC(=O)C(C(N)=O)=C(O)C4(O)C(=O)C2=C3O)cc1. The summed E-state index contributed by atoms with van der Waals surface area (Å²) >= 11 is 0. The van der Waals surface area contributed by atoms with Crippen molar-refractivity contribution in [1.29, 1.82) is 0 Å². The lowest BCUT2D eigenvalue weighted by molar-refractivity contribution is -0.147. The fourth-order valence-corrected chi connectivity index (χ4v) is 5.91. The van der Waals surface area contributed by atoms with Crippen LogP contribution in [0.25, 0.3) is 16.9 Å². The summed E-state index contributed by atoms with van der Waals surface area (Å²) in [6, 6.07) is 9.21. The van der Waals surface area contributed by atoms with Gasteiger partial charge in [0.1, 0.15) is 22.8 Å². The summed E-state index contributed by atoms with van der Waals surface area (Å²) in [6.07, 6.45) is -0.103. The number of Topliss-reactive ketones (excluding diaryl/α,β-unsaturated/α-hetero) is 2. The molecule has 0 aromatic heterocycles. The summed E-state index contributed by atoms with van der Waals surface area (Å²) in [6.45, 7) is 0. The van der Waals surface area contributed by atoms with E-state index >= 15 is 0 Å². The number of carbonyl (C=O) groups is 3. The van der Waals surface area contributed by atoms with Crippen LogP contribution in [0.15, 0.2) is 47.2 Å². The van der Waals surface area contributed by atoms with E-state index < -0.39 is 57.8 Å². The Morgan fingerprint density at radius 2 is 1.73 bits per heavy atom. The minimum Gasteiger partial charge on any atom is -0.508 e. The highest BCUT2D eigenvalue weighted by molar-refractivity contribution is 6.22. The molecule has 3 aliphatic rings. The first-order valence-electron chi connectivity index (χ1n) is 11.8. The summed E-state index contributed by atoms with van der Waals surface area (Å²) in [5, 5.41) is 44.1. The lowest BCUT2D eigenvalue weighted by atomic mass is 9.59. The minimum atomic E-state index is -2.60. The number of fused-ring (bicyclic) bond motifs is 3. The maximum absolute atomic E-state index is 13.6. The Kier molecular flexibility index (Phi) is 5.34. The molecule has 3 unspecified atom stereocenters. The van der Waals surface area contributed by atoms with E-state index in [-0.39, 0.29) is 36.1 Å². The van der Waals surface area contributed by atoms with Crippen LogP contribution in [-0.2, 0) is 20.8 Å². The van der Waals surface area contributed by atoms with Gasteiger partial charge in [0.25, 0.3) is 5.91 Å². The highest BCUT2D eigenvalue weighted by Gasteiger charge is 2.60. The molecule has 5 rings (SSSR count). The maximum atomic E-state index is 13.6. The largest absolute Gasteiger partial charge is 0.508 e. The van der Waals surface area contributed by atoms with Crippen LogP contribution in [0.1, 0.15) is 24.0 Å². The zero-order valence-corrected chi connectivity index (χ0v) is 20.3. The van der Waals surface area contributed by atoms with Crippen molar-refractivity contribution in [2.45, 2.75) is 24.9 Å². The van der Waals surface area contributed by atoms with Crippen LogP contribution < -0.4 is 16.4 Å². The number of aromatic hydroxyl groups is 1. The third-order valence-corrected chi connectivity index (χ3v) is 7.79. The van der Waals surface area contributed by atoms with Crippen molar-refractivity contribution in [3.8, 4) is 16.9 Å². The van der Waals surface area contributed by atoms with Gasteiger partial charge < -0.3 is 36.8 Å². The fraction of sp³-hybridized carbons (Fsp3) is 0.296. The number of phenolic OH excluding ortho intramolecular Hbond substituents is 1. The van der Waals surface area contributed by atoms with Gasteiger partial charge in [0.05, 0.1) is 11.3 Å². The molecule has 8 N–H and O–H groups in total. The van der Waals surface area contributed by atoms with Crippen LogP contribution in [0.5, 0.6) is 5.75 Å². The molecule has 1 fully saturated rings. The Hall–Kier alpha value is -4.31. The van der Waals surface area contributed by atoms with Crippen LogP contribution in [0, 0.1) is 11.8 Å². The van der Waals surface area contributed by atoms with Crippen molar-refractivity contribution in [3.05, 3.63) is 58.4 Å². The lowest BCUT2D eigenvalue weighted by Crippen LogP contribution is -2.58. The molecule has 0 heterocycles. The number of anilines is 2. The van der Waals surface area contributed by atoms with Crippen LogP contribution in [0.3, 0.4) is 0 Å². The van der Waals surface area contributed by atoms with Gasteiger partial charge in [-0.05, 0) is 53.6 Å². The number of hydrogen-bond donors (Lipinski definition) is 6. The number of phenols is 1. The van der Waals surface area contributed by atoms with Crippen molar-refractivity contribution >= 4 is 34.6 Å². The second-order valence-corrected chi connectivity index (χ2v) is 10.1. The summed E-state index contributed by atoms with van der Waals surface area (Å²) in [5.74, 6) is -6.78. The van der Waals surface area contributed by atoms with E-state index in [2.05, 4.69) is 0 Å². The molecule has 10 nitrogen and oxygen atoms in total. The second-order valence-electron chi connectivity index (χ2n) is 10.1. The average Bonchev–Trinajstić information content (AvgIpc) is 2.83. The van der Waals surface area contributed by atoms with E-state index in [1.165, 1.54) is 0 Å². The van der Waals surface area contributed by atoms with Crippen LogP contribution in [-0.4, -0.2) is 57.6 Å². The van der Waals surface area contributed by atoms with Gasteiger partial charge in [0.2, 0.25) is 5.78 Å². The number of nitrogens with zero attached hydrogens (tertiary/aromatic N) is 1. The number of aliphatic hydroxyl groups is 3. The Bertz CT molecular complexity index is 1460. The monoisotopic (exact) mass is 505 g/mol. The number of carbonyl (C=O) groups excluding carboxylic acids is 3. The van der Waals surface area contributed by atoms with Crippen molar-refractivity contribution in [1.82, 2.24) is 0 Å². The van der Waals surface area contributed by atoms with Gasteiger partial charge in [-0.3, -0.25) is 14.4 Å². The van der Waals surface area contributed by atoms with Crippen molar-refractivity contribution in [2.75, 3.05) is 24.7 Å². The number of ketones is 2. The first-order valence-corrected chi connectivity index (χ1v) is 11.8. The average molecular weight is 506 g/mol. The lowest BCUT2D eigenvalue weighted by Gasteiger charge is -2.46. The molecular weight excluding hydrogens is 478 g/mol. The normalized spacial score (nSPS) is 24.9. The molecule has 3 aliphatic carbocycles. The standard InChI is InChI=1S/C27H27N3O7/c1-30(2)14-5-3-11(4-6-14)15-10-17(28)22(32)20-16(15)8-12-7-13-9-18(31)21(26(29)36)25(35)27(13,37)24(34)19(12)23(20)33/h3-6,10,12-13,32-33,35,37H,7-9,28H2,1-2H3,(H2,29,36). The molecule has 3 atom stereocenters. The van der Waals surface area contributed by atoms with Gasteiger partial charge in [-0.15, -0.1) is 0 Å². The third kappa shape index (κ3) is 3.32. The van der Waals surface area contributed by atoms with Gasteiger partial charge >= 0.3 is 0 Å². The molecule has 1 amide bonds. The molecule has 1 saturated carbocycles. The van der Waals surface area contributed by atoms with E-state index in [0.29, 0.717) is 11.1 Å². The zero-order chi connectivity index (χ0) is 27.0. The van der Waals surface area contributed by atoms with Crippen LogP contribution >= 0.6 is 0 Å². The summed E-state index contributed by atoms with van der Waals surface area (Å²) in [7, 11) is 3.83. The predicted molar refractivity (Wildman–Crippen MR) is 136 cm³/mol. The molecule has 0 aliphatic heterocycles. The van der Waals surface area contributed by atoms with Gasteiger partial charge in [0.15, 0.2) is 11.4 Å². The maximum Gasteiger partial charge on any atom is 0.255 e. The number of aliphatic hydroxyl groups excluding tert-OH is 2. The number of amides is 1. The van der Waals surface area contributed by atoms with Gasteiger partial charge in [-0.1, -0.05) is 12.1 Å². The second kappa shape index (κ2) is 8.10. The van der Waals surface area contributed by atoms with E-state index in [1.807, 2.05) is 43.3 Å². The molecule has 37 heavy (non-hydrogen) atoms. The van der Waals surface area contributed by atoms with Gasteiger partial charge in [0, 0.05) is 37.7 Å². The number of nitrogen functional groups attached to an aromatic ring is 1. The first-order chi connectivity index (χ1) is 17.4. The van der Waals surface area contributed by atoms with E-state index in [9.17, 15) is 34.8 Å². The summed E-state index contributed by atoms with van der Waals surface area (Å²) in [5.41, 5.74) is 10.6. The predicted octanol–water partition coefficient (Wildman–Crippen LogP) is 1.74. The number of primary amides is 1. The van der Waals surface area contributed by atoms with E-state index in [4.69, 9.17) is 11.5 Å². The Morgan fingerprint density at radius 3 is 2.32 bits per heavy atom. The molecule has 2 aromatic carbocycles. The van der Waals surface area contributed by atoms with Crippen molar-refractivity contribution < 1.29 is 34.8 Å². The Balaban J connectivity index is 1.70. The molecule has 0 bridgehead atoms. The molecular formula is C27H27N3O7. The fourth-order valence-electron chi connectivity index (χ4n) is 5.91. The minimum absolute atomic E-state index is 0.0158. The number of benzene rings is 2. The molecule has 0 saturated heterocycles. The highest BCUT2D eigenvalue weighted by atomic mass is 16.3. The molecule has 2 aromatic rings. The smallest absolute Gasteiger partial charge is 0.255 e. The summed E-state index contributed by atoms with van der Waals surface area (Å²) < 4.78 is 0. The van der Waals surface area contributed by atoms with Gasteiger partial charge in [-0.2, -0.15) is 0 Å². The van der Waals surface area contributed by atoms with Crippen molar-refractivity contribution in [3.63, 3.8) is 0 Å².